The van der Waals surface area contributed by atoms with E-state index in [0.29, 0.717) is 5.56 Å². The molecule has 3 nitrogen and oxygen atoms in total. The second-order valence-electron chi connectivity index (χ2n) is 2.59. The zero-order valence-corrected chi connectivity index (χ0v) is 7.34. The van der Waals surface area contributed by atoms with E-state index in [1.54, 1.807) is 6.92 Å². The number of nitrogens with zero attached hydrogens (tertiary/aromatic N) is 1. The van der Waals surface area contributed by atoms with E-state index in [4.69, 9.17) is 10.5 Å². The molecular formula is C8H10F2N2O. The molecule has 0 aliphatic heterocycles. The maximum atomic E-state index is 12.3. The van der Waals surface area contributed by atoms with E-state index in [1.807, 2.05) is 0 Å². The summed E-state index contributed by atoms with van der Waals surface area (Å²) in [5, 5.41) is 0. The van der Waals surface area contributed by atoms with Crippen molar-refractivity contribution in [1.82, 2.24) is 4.98 Å². The predicted octanol–water partition coefficient (Wildman–Crippen LogP) is 1.92. The van der Waals surface area contributed by atoms with Crippen molar-refractivity contribution in [3.05, 3.63) is 17.2 Å². The SMILES string of the molecule is COc1nc(N)c(C(F)F)cc1C. The molecule has 0 spiro atoms. The standard InChI is InChI=1S/C8H10F2N2O/c1-4-3-5(6(9)10)7(11)12-8(4)13-2/h3,6H,1-2H3,(H2,11,12). The van der Waals surface area contributed by atoms with Crippen LogP contribution in [0.15, 0.2) is 6.07 Å². The number of nitrogens with two attached hydrogens (primary N) is 1. The summed E-state index contributed by atoms with van der Waals surface area (Å²) in [6.07, 6.45) is -2.60. The molecule has 0 saturated heterocycles. The molecule has 0 saturated carbocycles. The number of methoxy groups -OCH3 is 1. The van der Waals surface area contributed by atoms with Gasteiger partial charge in [-0.05, 0) is 13.0 Å². The fourth-order valence-electron chi connectivity index (χ4n) is 1.01. The van der Waals surface area contributed by atoms with Gasteiger partial charge in [-0.15, -0.1) is 0 Å². The van der Waals surface area contributed by atoms with E-state index >= 15 is 0 Å². The third kappa shape index (κ3) is 1.85. The number of pyridine rings is 1. The molecule has 1 aromatic heterocycles. The van der Waals surface area contributed by atoms with Gasteiger partial charge in [0.2, 0.25) is 5.88 Å². The maximum absolute atomic E-state index is 12.3. The molecular weight excluding hydrogens is 178 g/mol. The van der Waals surface area contributed by atoms with Crippen molar-refractivity contribution in [2.24, 2.45) is 0 Å². The highest BCUT2D eigenvalue weighted by molar-refractivity contribution is 5.46. The summed E-state index contributed by atoms with van der Waals surface area (Å²) < 4.78 is 29.4. The molecule has 0 unspecified atom stereocenters. The minimum absolute atomic E-state index is 0.183. The highest BCUT2D eigenvalue weighted by Crippen LogP contribution is 2.27. The lowest BCUT2D eigenvalue weighted by Crippen LogP contribution is -2.02. The molecule has 2 N–H and O–H groups in total. The fourth-order valence-corrected chi connectivity index (χ4v) is 1.01. The molecule has 0 radical (unpaired) electrons. The van der Waals surface area contributed by atoms with Crippen molar-refractivity contribution >= 4 is 5.82 Å². The van der Waals surface area contributed by atoms with Crippen molar-refractivity contribution in [3.63, 3.8) is 0 Å². The number of aromatic nitrogens is 1. The number of hydrogen-bond donors (Lipinski definition) is 1. The van der Waals surface area contributed by atoms with E-state index in [0.717, 1.165) is 0 Å². The molecule has 72 valence electrons. The maximum Gasteiger partial charge on any atom is 0.267 e. The number of ether oxygens (including phenoxy) is 1. The average molecular weight is 188 g/mol. The molecule has 0 aliphatic carbocycles. The lowest BCUT2D eigenvalue weighted by Gasteiger charge is -2.08. The number of hydrogen-bond acceptors (Lipinski definition) is 3. The zero-order valence-electron chi connectivity index (χ0n) is 7.34. The van der Waals surface area contributed by atoms with Crippen molar-refractivity contribution in [3.8, 4) is 5.88 Å². The van der Waals surface area contributed by atoms with Gasteiger partial charge in [-0.3, -0.25) is 0 Å². The van der Waals surface area contributed by atoms with E-state index < -0.39 is 6.43 Å². The molecule has 5 heteroatoms. The highest BCUT2D eigenvalue weighted by Gasteiger charge is 2.14. The number of anilines is 1. The van der Waals surface area contributed by atoms with Gasteiger partial charge in [0.25, 0.3) is 6.43 Å². The number of rotatable bonds is 2. The molecule has 0 atom stereocenters. The first kappa shape index (κ1) is 9.70. The minimum Gasteiger partial charge on any atom is -0.481 e. The summed E-state index contributed by atoms with van der Waals surface area (Å²) in [7, 11) is 1.41. The van der Waals surface area contributed by atoms with Crippen LogP contribution in [0.4, 0.5) is 14.6 Å². The quantitative estimate of drug-likeness (QED) is 0.771. The van der Waals surface area contributed by atoms with E-state index in [2.05, 4.69) is 4.98 Å². The number of halogens is 2. The van der Waals surface area contributed by atoms with E-state index in [-0.39, 0.29) is 17.3 Å². The average Bonchev–Trinajstić information content (AvgIpc) is 2.07. The van der Waals surface area contributed by atoms with Crippen molar-refractivity contribution < 1.29 is 13.5 Å². The molecule has 13 heavy (non-hydrogen) atoms. The molecule has 0 amide bonds. The molecule has 1 rings (SSSR count). The van der Waals surface area contributed by atoms with Crippen LogP contribution in [0, 0.1) is 6.92 Å². The van der Waals surface area contributed by atoms with Crippen LogP contribution in [0.2, 0.25) is 0 Å². The summed E-state index contributed by atoms with van der Waals surface area (Å²) in [4.78, 5) is 3.69. The van der Waals surface area contributed by atoms with Crippen LogP contribution in [0.3, 0.4) is 0 Å². The first-order valence-electron chi connectivity index (χ1n) is 3.65. The Labute approximate surface area is 74.5 Å². The lowest BCUT2D eigenvalue weighted by molar-refractivity contribution is 0.151. The molecule has 0 aromatic carbocycles. The topological polar surface area (TPSA) is 48.1 Å². The van der Waals surface area contributed by atoms with Gasteiger partial charge in [0.05, 0.1) is 12.7 Å². The van der Waals surface area contributed by atoms with E-state index in [9.17, 15) is 8.78 Å². The summed E-state index contributed by atoms with van der Waals surface area (Å²) in [5.41, 5.74) is 5.59. The largest absolute Gasteiger partial charge is 0.481 e. The lowest BCUT2D eigenvalue weighted by atomic mass is 10.2. The Hall–Kier alpha value is -1.39. The van der Waals surface area contributed by atoms with Crippen LogP contribution in [-0.2, 0) is 0 Å². The Balaban J connectivity index is 3.20. The van der Waals surface area contributed by atoms with Gasteiger partial charge in [0, 0.05) is 5.56 Å². The normalized spacial score (nSPS) is 10.5. The molecule has 1 aromatic rings. The van der Waals surface area contributed by atoms with Gasteiger partial charge in [-0.2, -0.15) is 4.98 Å². The number of nitrogen functional groups attached to an aromatic ring is 1. The molecule has 0 aliphatic rings. The molecule has 1 heterocycles. The Morgan fingerprint density at radius 3 is 2.62 bits per heavy atom. The van der Waals surface area contributed by atoms with Gasteiger partial charge in [0.15, 0.2) is 0 Å². The fraction of sp³-hybridized carbons (Fsp3) is 0.375. The van der Waals surface area contributed by atoms with Gasteiger partial charge >= 0.3 is 0 Å². The first-order chi connectivity index (χ1) is 6.06. The van der Waals surface area contributed by atoms with Gasteiger partial charge in [-0.25, -0.2) is 8.78 Å². The second-order valence-corrected chi connectivity index (χ2v) is 2.59. The van der Waals surface area contributed by atoms with Crippen molar-refractivity contribution in [2.75, 3.05) is 12.8 Å². The molecule has 0 fully saturated rings. The van der Waals surface area contributed by atoms with E-state index in [1.165, 1.54) is 13.2 Å². The third-order valence-electron chi connectivity index (χ3n) is 1.66. The monoisotopic (exact) mass is 188 g/mol. The van der Waals surface area contributed by atoms with Gasteiger partial charge in [-0.1, -0.05) is 0 Å². The first-order valence-corrected chi connectivity index (χ1v) is 3.65. The Kier molecular flexibility index (Phi) is 2.65. The van der Waals surface area contributed by atoms with Gasteiger partial charge in [0.1, 0.15) is 5.82 Å². The van der Waals surface area contributed by atoms with Crippen LogP contribution in [0.25, 0.3) is 0 Å². The summed E-state index contributed by atoms with van der Waals surface area (Å²) in [6.45, 7) is 1.64. The number of alkyl halides is 2. The zero-order chi connectivity index (χ0) is 10.0. The summed E-state index contributed by atoms with van der Waals surface area (Å²) >= 11 is 0. The van der Waals surface area contributed by atoms with Crippen molar-refractivity contribution in [2.45, 2.75) is 13.3 Å². The predicted molar refractivity (Wildman–Crippen MR) is 44.9 cm³/mol. The van der Waals surface area contributed by atoms with Crippen LogP contribution >= 0.6 is 0 Å². The van der Waals surface area contributed by atoms with Crippen LogP contribution < -0.4 is 10.5 Å². The number of aryl methyl sites for hydroxylation is 1. The highest BCUT2D eigenvalue weighted by atomic mass is 19.3. The van der Waals surface area contributed by atoms with Crippen LogP contribution in [-0.4, -0.2) is 12.1 Å². The van der Waals surface area contributed by atoms with Gasteiger partial charge < -0.3 is 10.5 Å². The third-order valence-corrected chi connectivity index (χ3v) is 1.66. The second kappa shape index (κ2) is 3.55. The summed E-state index contributed by atoms with van der Waals surface area (Å²) in [6, 6.07) is 1.28. The Morgan fingerprint density at radius 1 is 1.54 bits per heavy atom. The Morgan fingerprint density at radius 2 is 2.15 bits per heavy atom. The van der Waals surface area contributed by atoms with Crippen LogP contribution in [0.1, 0.15) is 17.6 Å². The Bertz CT molecular complexity index is 315. The van der Waals surface area contributed by atoms with Crippen molar-refractivity contribution in [1.29, 1.82) is 0 Å². The smallest absolute Gasteiger partial charge is 0.267 e. The minimum atomic E-state index is -2.60. The van der Waals surface area contributed by atoms with Crippen LogP contribution in [0.5, 0.6) is 5.88 Å². The molecule has 0 bridgehead atoms. The summed E-state index contributed by atoms with van der Waals surface area (Å²) in [5.74, 6) is 0.0966.